The summed E-state index contributed by atoms with van der Waals surface area (Å²) >= 11 is 0. The van der Waals surface area contributed by atoms with Crippen LogP contribution in [0.5, 0.6) is 69.0 Å². The molecule has 17 bridgehead atoms. The van der Waals surface area contributed by atoms with Crippen LogP contribution in [0, 0.1) is 6.92 Å². The van der Waals surface area contributed by atoms with Crippen LogP contribution in [-0.4, -0.2) is 174 Å². The van der Waals surface area contributed by atoms with E-state index >= 15 is 24.0 Å². The monoisotopic (exact) mass is 1420 g/mol. The Morgan fingerprint density at radius 3 is 1.68 bits per heavy atom. The third kappa shape index (κ3) is 13.4. The molecule has 7 aliphatic rings. The van der Waals surface area contributed by atoms with Crippen LogP contribution in [0.25, 0.3) is 11.1 Å². The van der Waals surface area contributed by atoms with Gasteiger partial charge in [0.2, 0.25) is 41.2 Å². The Balaban J connectivity index is 0.960. The molecule has 18 N–H and O–H groups in total. The maximum atomic E-state index is 16.0. The van der Waals surface area contributed by atoms with E-state index in [1.165, 1.54) is 79.9 Å². The van der Waals surface area contributed by atoms with Gasteiger partial charge in [-0.3, -0.25) is 28.8 Å². The number of esters is 1. The van der Waals surface area contributed by atoms with Crippen molar-refractivity contribution in [1.82, 2.24) is 46.9 Å². The molecule has 8 aromatic rings. The molecule has 0 spiro atoms. The van der Waals surface area contributed by atoms with Gasteiger partial charge >= 0.3 is 5.97 Å². The number of carbonyl (C=O) groups excluding carboxylic acids is 7. The predicted octanol–water partition coefficient (Wildman–Crippen LogP) is 1.06. The van der Waals surface area contributed by atoms with Crippen LogP contribution in [0.3, 0.4) is 0 Å². The van der Waals surface area contributed by atoms with Gasteiger partial charge in [-0.05, 0) is 119 Å². The molecule has 7 aliphatic heterocycles. The number of aromatic nitrogens is 3. The zero-order valence-electron chi connectivity index (χ0n) is 53.6. The van der Waals surface area contributed by atoms with Crippen LogP contribution in [0.1, 0.15) is 92.6 Å². The van der Waals surface area contributed by atoms with Gasteiger partial charge in [0, 0.05) is 28.3 Å². The van der Waals surface area contributed by atoms with Crippen molar-refractivity contribution in [3.05, 3.63) is 178 Å². The molecule has 1 aromatic heterocycles. The normalized spacial score (nSPS) is 25.5. The number of phenolic OH excluding ortho intramolecular Hbond substituents is 6. The van der Waals surface area contributed by atoms with Gasteiger partial charge in [0.25, 0.3) is 0 Å². The molecule has 7 aromatic carbocycles. The van der Waals surface area contributed by atoms with Gasteiger partial charge in [0.15, 0.2) is 41.4 Å². The molecule has 0 saturated carbocycles. The van der Waals surface area contributed by atoms with Gasteiger partial charge in [-0.2, -0.15) is 0 Å². The SMILES string of the molecule is COC(=O)[C@@H]1NC(=O)[C@H]2NC(=O)[C@H](NC(=O)[C@@H]3NC(=O)[C@H]4NC(=O)[C@H](NC(=O)[C@H](n5cc(CO[C@H]6O[C@H](CO)[C@@H](O)[C@H](O)[C@H]6O)nn5)c5ccc(O)c(c5)Oc5cc4cc(O)c5C)[C@H](O)c4ccc(cc4)Oc4cc3cc(c4O)Oc3ccc(cc3)[C@H]2O)c2ccc(O)c(c2)-c2c(O)cc(O)cc21. The molecule has 1 fully saturated rings. The number of benzene rings is 7. The van der Waals surface area contributed by atoms with Crippen LogP contribution in [0.2, 0.25) is 0 Å². The Morgan fingerprint density at radius 1 is 0.524 bits per heavy atom. The Labute approximate surface area is 579 Å². The average Bonchev–Trinajstić information content (AvgIpc) is 0.996. The molecule has 534 valence electrons. The van der Waals surface area contributed by atoms with Crippen LogP contribution < -0.4 is 46.1 Å². The number of nitrogens with one attached hydrogen (secondary N) is 6. The minimum absolute atomic E-state index is 0.0391. The second-order valence-corrected chi connectivity index (χ2v) is 24.7. The minimum Gasteiger partial charge on any atom is -0.508 e. The average molecular weight is 1420 g/mol. The summed E-state index contributed by atoms with van der Waals surface area (Å²) in [5.41, 5.74) is -2.42. The molecule has 14 atom stereocenters. The van der Waals surface area contributed by atoms with Crippen molar-refractivity contribution in [3.8, 4) is 80.1 Å². The number of methoxy groups -OCH3 is 1. The van der Waals surface area contributed by atoms with Crippen molar-refractivity contribution >= 4 is 41.4 Å². The summed E-state index contributed by atoms with van der Waals surface area (Å²) in [4.78, 5) is 107. The predicted molar refractivity (Wildman–Crippen MR) is 345 cm³/mol. The van der Waals surface area contributed by atoms with Crippen molar-refractivity contribution in [3.63, 3.8) is 0 Å². The Kier molecular flexibility index (Phi) is 18.7. The van der Waals surface area contributed by atoms with Gasteiger partial charge in [-0.25, -0.2) is 9.48 Å². The first kappa shape index (κ1) is 69.3. The first-order valence-electron chi connectivity index (χ1n) is 31.5. The molecule has 0 unspecified atom stereocenters. The maximum Gasteiger partial charge on any atom is 0.333 e. The lowest BCUT2D eigenvalue weighted by Crippen LogP contribution is -2.59. The number of hydrogen-bond acceptors (Lipinski definition) is 27. The Bertz CT molecular complexity index is 4730. The molecule has 34 nitrogen and oxygen atoms in total. The number of nitrogens with zero attached hydrogens (tertiary/aromatic N) is 3. The zero-order chi connectivity index (χ0) is 73.1. The van der Waals surface area contributed by atoms with Crippen molar-refractivity contribution in [2.75, 3.05) is 13.7 Å². The van der Waals surface area contributed by atoms with Crippen LogP contribution >= 0.6 is 0 Å². The molecule has 103 heavy (non-hydrogen) atoms. The fourth-order valence-electron chi connectivity index (χ4n) is 12.5. The highest BCUT2D eigenvalue weighted by Gasteiger charge is 2.46. The van der Waals surface area contributed by atoms with Crippen molar-refractivity contribution in [1.29, 1.82) is 0 Å². The Morgan fingerprint density at radius 2 is 1.06 bits per heavy atom. The molecule has 0 radical (unpaired) electrons. The van der Waals surface area contributed by atoms with Crippen LogP contribution in [-0.2, 0) is 54.4 Å². The first-order valence-corrected chi connectivity index (χ1v) is 31.5. The van der Waals surface area contributed by atoms with E-state index in [0.717, 1.165) is 66.4 Å². The third-order valence-corrected chi connectivity index (χ3v) is 18.0. The number of phenols is 6. The summed E-state index contributed by atoms with van der Waals surface area (Å²) in [5.74, 6) is -14.8. The summed E-state index contributed by atoms with van der Waals surface area (Å²) in [6, 6.07) is 8.78. The molecule has 8 heterocycles. The third-order valence-electron chi connectivity index (χ3n) is 18.0. The molecule has 34 heteroatoms. The fraction of sp³-hybridized carbons (Fsp3) is 0.261. The molecule has 1 saturated heterocycles. The van der Waals surface area contributed by atoms with E-state index in [-0.39, 0.29) is 78.8 Å². The largest absolute Gasteiger partial charge is 0.508 e. The number of rotatable bonds is 6. The number of aromatic hydroxyl groups is 6. The fourth-order valence-corrected chi connectivity index (χ4v) is 12.5. The van der Waals surface area contributed by atoms with Gasteiger partial charge in [-0.15, -0.1) is 5.10 Å². The standard InChI is InChI=1S/C69H63N9O25/c1-26-41(83)16-31-18-43(26)102-44-17-30(8-14-40(44)82)55(78-23-33(76-77-78)25-99-69-61(90)60(89)59(88)47(24-79)103-69)67(96)75-54-57(86)28-5-11-36(12-6-28)101-46-20-32-19-45(58(46)87)100-35-9-3-27(4-10-35)56(85)53-66(95)73-52(68(97)98-2)38-21-34(80)22-42(84)48(38)37-15-29(7-13-39(37)81)49(62(91)74-53)70-64(93)51(32)71-63(92)50(31)72-65(54)94/h3-23,47,49-57,59-61,69,79-90H,24-25H2,1-2H3,(H,70,93)(H,71,92)(H,72,94)(H,73,95)(H,74,91)(H,75,96)/t47-,49-,50+,51-,52-,53+,54-,55-,56-,57-,59-,60+,61-,69+/m1/s1. The second-order valence-electron chi connectivity index (χ2n) is 24.7. The Hall–Kier alpha value is -12.2. The molecule has 15 rings (SSSR count). The molecule has 0 aliphatic carbocycles. The number of fused-ring (bicyclic) bond motifs is 14. The van der Waals surface area contributed by atoms with E-state index in [9.17, 15) is 70.9 Å². The zero-order valence-corrected chi connectivity index (χ0v) is 53.6. The van der Waals surface area contributed by atoms with Crippen molar-refractivity contribution in [2.24, 2.45) is 0 Å². The number of amides is 6. The highest BCUT2D eigenvalue weighted by atomic mass is 16.7. The number of aliphatic hydroxyl groups is 6. The quantitative estimate of drug-likeness (QED) is 0.104. The number of carbonyl (C=O) groups is 7. The van der Waals surface area contributed by atoms with E-state index in [0.29, 0.717) is 0 Å². The summed E-state index contributed by atoms with van der Waals surface area (Å²) in [6.07, 6.45) is -11.3. The summed E-state index contributed by atoms with van der Waals surface area (Å²) in [5, 5.41) is 159. The van der Waals surface area contributed by atoms with Crippen LogP contribution in [0.4, 0.5) is 0 Å². The maximum absolute atomic E-state index is 16.0. The van der Waals surface area contributed by atoms with E-state index in [1.54, 1.807) is 0 Å². The van der Waals surface area contributed by atoms with E-state index in [4.69, 9.17) is 28.4 Å². The smallest absolute Gasteiger partial charge is 0.333 e. The highest BCUT2D eigenvalue weighted by molar-refractivity contribution is 6.00. The molecular formula is C69H63N9O25. The lowest BCUT2D eigenvalue weighted by Gasteiger charge is -2.39. The lowest BCUT2D eigenvalue weighted by molar-refractivity contribution is -0.304. The van der Waals surface area contributed by atoms with E-state index in [2.05, 4.69) is 42.2 Å². The molecule has 6 amide bonds. The van der Waals surface area contributed by atoms with Gasteiger partial charge in [0.1, 0.15) is 113 Å². The topological polar surface area (TPSA) is 521 Å². The number of ether oxygens (including phenoxy) is 6. The lowest BCUT2D eigenvalue weighted by atomic mass is 9.89. The van der Waals surface area contributed by atoms with Crippen molar-refractivity contribution < 1.29 is 123 Å². The van der Waals surface area contributed by atoms with Gasteiger partial charge in [-0.1, -0.05) is 41.6 Å². The van der Waals surface area contributed by atoms with E-state index < -0.39 is 191 Å². The minimum atomic E-state index is -2.22. The van der Waals surface area contributed by atoms with Gasteiger partial charge in [0.05, 0.1) is 26.5 Å². The summed E-state index contributed by atoms with van der Waals surface area (Å²) in [7, 11) is 0.960. The second kappa shape index (κ2) is 27.8. The number of aliphatic hydroxyl groups excluding tert-OH is 6. The summed E-state index contributed by atoms with van der Waals surface area (Å²) in [6.45, 7) is 0.0551. The van der Waals surface area contributed by atoms with Crippen LogP contribution in [0.15, 0.2) is 128 Å². The van der Waals surface area contributed by atoms with Gasteiger partial charge < -0.3 is 122 Å². The van der Waals surface area contributed by atoms with Crippen molar-refractivity contribution in [2.45, 2.75) is 98.7 Å². The highest BCUT2D eigenvalue weighted by Crippen LogP contribution is 2.48. The van der Waals surface area contributed by atoms with E-state index in [1.807, 2.05) is 0 Å². The summed E-state index contributed by atoms with van der Waals surface area (Å²) < 4.78 is 36.0. The molecular weight excluding hydrogens is 1350 g/mol. The number of hydrogen-bond donors (Lipinski definition) is 18. The first-order chi connectivity index (χ1) is 49.2.